The summed E-state index contributed by atoms with van der Waals surface area (Å²) in [5.74, 6) is -0.687. The molecule has 22 heavy (non-hydrogen) atoms. The van der Waals surface area contributed by atoms with Gasteiger partial charge in [-0.2, -0.15) is 8.78 Å². The Morgan fingerprint density at radius 1 is 1.23 bits per heavy atom. The van der Waals surface area contributed by atoms with Crippen LogP contribution >= 0.6 is 0 Å². The molecule has 7 heteroatoms. The van der Waals surface area contributed by atoms with Crippen molar-refractivity contribution in [1.29, 1.82) is 0 Å². The van der Waals surface area contributed by atoms with Crippen LogP contribution in [-0.2, 0) is 4.79 Å². The van der Waals surface area contributed by atoms with Crippen molar-refractivity contribution in [3.05, 3.63) is 29.8 Å². The van der Waals surface area contributed by atoms with Crippen molar-refractivity contribution < 1.29 is 23.1 Å². The molecule has 122 valence electrons. The smallest absolute Gasteiger partial charge is 0.387 e. The first kappa shape index (κ1) is 17.9. The summed E-state index contributed by atoms with van der Waals surface area (Å²) >= 11 is 0. The van der Waals surface area contributed by atoms with Gasteiger partial charge in [0.25, 0.3) is 5.91 Å². The number of nitrogens with zero attached hydrogens (tertiary/aromatic N) is 1. The lowest BCUT2D eigenvalue weighted by Gasteiger charge is -2.23. The van der Waals surface area contributed by atoms with Crippen LogP contribution in [0.25, 0.3) is 0 Å². The number of halogens is 2. The largest absolute Gasteiger partial charge is 0.435 e. The molecule has 0 heterocycles. The van der Waals surface area contributed by atoms with Gasteiger partial charge in [-0.1, -0.05) is 0 Å². The van der Waals surface area contributed by atoms with Crippen molar-refractivity contribution >= 4 is 11.8 Å². The molecule has 1 N–H and O–H groups in total. The summed E-state index contributed by atoms with van der Waals surface area (Å²) in [5.41, 5.74) is -0.0948. The molecule has 0 fully saturated rings. The molecule has 1 rings (SSSR count). The lowest BCUT2D eigenvalue weighted by Crippen LogP contribution is -2.46. The van der Waals surface area contributed by atoms with E-state index in [0.717, 1.165) is 0 Å². The second kappa shape index (κ2) is 7.20. The Morgan fingerprint density at radius 3 is 2.23 bits per heavy atom. The van der Waals surface area contributed by atoms with Gasteiger partial charge in [-0.3, -0.25) is 9.59 Å². The van der Waals surface area contributed by atoms with Gasteiger partial charge in [-0.05, 0) is 45.0 Å². The summed E-state index contributed by atoms with van der Waals surface area (Å²) in [6.07, 6.45) is 0. The molecule has 0 aliphatic heterocycles. The average molecular weight is 314 g/mol. The van der Waals surface area contributed by atoms with Crippen LogP contribution in [0.3, 0.4) is 0 Å². The summed E-state index contributed by atoms with van der Waals surface area (Å²) in [6.45, 7) is 2.52. The zero-order chi connectivity index (χ0) is 16.9. The van der Waals surface area contributed by atoms with E-state index in [2.05, 4.69) is 10.1 Å². The minimum Gasteiger partial charge on any atom is -0.435 e. The molecule has 0 aromatic heterocycles. The van der Waals surface area contributed by atoms with Gasteiger partial charge in [0.1, 0.15) is 5.75 Å². The van der Waals surface area contributed by atoms with Crippen molar-refractivity contribution in [3.8, 4) is 5.75 Å². The number of alkyl halides is 2. The molecular weight excluding hydrogens is 294 g/mol. The number of amides is 2. The SMILES string of the molecule is CN(CC(=O)NC(C)(C)C)C(=O)c1ccc(OC(F)F)cc1. The van der Waals surface area contributed by atoms with Crippen LogP contribution < -0.4 is 10.1 Å². The third kappa shape index (κ3) is 6.07. The standard InChI is InChI=1S/C15H20F2N2O3/c1-15(2,3)18-12(20)9-19(4)13(21)10-5-7-11(8-6-10)22-14(16)17/h5-8,14H,9H2,1-4H3,(H,18,20). The normalized spacial score (nSPS) is 11.2. The van der Waals surface area contributed by atoms with E-state index in [9.17, 15) is 18.4 Å². The van der Waals surface area contributed by atoms with Crippen molar-refractivity contribution in [1.82, 2.24) is 10.2 Å². The lowest BCUT2D eigenvalue weighted by atomic mass is 10.1. The van der Waals surface area contributed by atoms with Crippen LogP contribution in [-0.4, -0.2) is 42.5 Å². The maximum atomic E-state index is 12.1. The monoisotopic (exact) mass is 314 g/mol. The van der Waals surface area contributed by atoms with E-state index in [-0.39, 0.29) is 35.2 Å². The van der Waals surface area contributed by atoms with E-state index < -0.39 is 6.61 Å². The van der Waals surface area contributed by atoms with Crippen LogP contribution in [0.1, 0.15) is 31.1 Å². The van der Waals surface area contributed by atoms with Crippen LogP contribution in [0, 0.1) is 0 Å². The topological polar surface area (TPSA) is 58.6 Å². The minimum absolute atomic E-state index is 0.0281. The summed E-state index contributed by atoms with van der Waals surface area (Å²) < 4.78 is 28.3. The van der Waals surface area contributed by atoms with Crippen LogP contribution in [0.2, 0.25) is 0 Å². The van der Waals surface area contributed by atoms with E-state index in [1.54, 1.807) is 0 Å². The number of hydrogen-bond donors (Lipinski definition) is 1. The molecule has 1 aromatic rings. The van der Waals surface area contributed by atoms with Crippen LogP contribution in [0.4, 0.5) is 8.78 Å². The molecule has 0 bridgehead atoms. The van der Waals surface area contributed by atoms with Gasteiger partial charge in [0.15, 0.2) is 0 Å². The molecular formula is C15H20F2N2O3. The molecule has 0 atom stereocenters. The van der Waals surface area contributed by atoms with Crippen molar-refractivity contribution in [3.63, 3.8) is 0 Å². The van der Waals surface area contributed by atoms with Gasteiger partial charge in [-0.25, -0.2) is 0 Å². The summed E-state index contributed by atoms with van der Waals surface area (Å²) in [7, 11) is 1.49. The first-order chi connectivity index (χ1) is 10.1. The van der Waals surface area contributed by atoms with Gasteiger partial charge in [-0.15, -0.1) is 0 Å². The highest BCUT2D eigenvalue weighted by molar-refractivity contribution is 5.96. The second-order valence-electron chi connectivity index (χ2n) is 5.86. The zero-order valence-electron chi connectivity index (χ0n) is 13.0. The molecule has 0 unspecified atom stereocenters. The van der Waals surface area contributed by atoms with E-state index in [4.69, 9.17) is 0 Å². The number of ether oxygens (including phenoxy) is 1. The van der Waals surface area contributed by atoms with Gasteiger partial charge in [0.05, 0.1) is 6.54 Å². The maximum Gasteiger partial charge on any atom is 0.387 e. The highest BCUT2D eigenvalue weighted by Gasteiger charge is 2.18. The molecule has 0 radical (unpaired) electrons. The highest BCUT2D eigenvalue weighted by atomic mass is 19.3. The fourth-order valence-corrected chi connectivity index (χ4v) is 1.74. The average Bonchev–Trinajstić information content (AvgIpc) is 2.35. The summed E-state index contributed by atoms with van der Waals surface area (Å²) in [6, 6.07) is 5.31. The fraction of sp³-hybridized carbons (Fsp3) is 0.467. The number of benzene rings is 1. The van der Waals surface area contributed by atoms with E-state index in [1.165, 1.54) is 36.2 Å². The zero-order valence-corrected chi connectivity index (χ0v) is 13.0. The van der Waals surface area contributed by atoms with Gasteiger partial charge in [0.2, 0.25) is 5.91 Å². The van der Waals surface area contributed by atoms with Crippen LogP contribution in [0.15, 0.2) is 24.3 Å². The van der Waals surface area contributed by atoms with Crippen LogP contribution in [0.5, 0.6) is 5.75 Å². The Morgan fingerprint density at radius 2 is 1.77 bits per heavy atom. The Hall–Kier alpha value is -2.18. The molecule has 0 saturated heterocycles. The Balaban J connectivity index is 2.65. The predicted molar refractivity (Wildman–Crippen MR) is 77.9 cm³/mol. The number of hydrogen-bond acceptors (Lipinski definition) is 3. The molecule has 2 amide bonds. The first-order valence-corrected chi connectivity index (χ1v) is 6.70. The number of carbonyl (C=O) groups is 2. The molecule has 0 aliphatic rings. The Kier molecular flexibility index (Phi) is 5.84. The number of carbonyl (C=O) groups excluding carboxylic acids is 2. The Labute approximate surface area is 128 Å². The molecule has 5 nitrogen and oxygen atoms in total. The van der Waals surface area contributed by atoms with Gasteiger partial charge in [0, 0.05) is 18.2 Å². The molecule has 0 spiro atoms. The highest BCUT2D eigenvalue weighted by Crippen LogP contribution is 2.15. The van der Waals surface area contributed by atoms with Gasteiger partial charge >= 0.3 is 6.61 Å². The van der Waals surface area contributed by atoms with E-state index in [1.807, 2.05) is 20.8 Å². The summed E-state index contributed by atoms with van der Waals surface area (Å²) in [5, 5.41) is 2.75. The number of likely N-dealkylation sites (N-methyl/N-ethyl adjacent to an activating group) is 1. The molecule has 0 aliphatic carbocycles. The molecule has 1 aromatic carbocycles. The number of rotatable bonds is 5. The maximum absolute atomic E-state index is 12.1. The van der Waals surface area contributed by atoms with Crippen molar-refractivity contribution in [2.24, 2.45) is 0 Å². The fourth-order valence-electron chi connectivity index (χ4n) is 1.74. The third-order valence-corrected chi connectivity index (χ3v) is 2.57. The third-order valence-electron chi connectivity index (χ3n) is 2.57. The quantitative estimate of drug-likeness (QED) is 0.907. The minimum atomic E-state index is -2.91. The number of nitrogens with one attached hydrogen (secondary N) is 1. The second-order valence-corrected chi connectivity index (χ2v) is 5.86. The Bertz CT molecular complexity index is 525. The van der Waals surface area contributed by atoms with Crippen molar-refractivity contribution in [2.45, 2.75) is 32.9 Å². The van der Waals surface area contributed by atoms with Crippen molar-refractivity contribution in [2.75, 3.05) is 13.6 Å². The predicted octanol–water partition coefficient (Wildman–Crippen LogP) is 2.27. The molecule has 0 saturated carbocycles. The lowest BCUT2D eigenvalue weighted by molar-refractivity contribution is -0.122. The van der Waals surface area contributed by atoms with E-state index in [0.29, 0.717) is 0 Å². The summed E-state index contributed by atoms with van der Waals surface area (Å²) in [4.78, 5) is 25.2. The first-order valence-electron chi connectivity index (χ1n) is 6.70. The van der Waals surface area contributed by atoms with Gasteiger partial charge < -0.3 is 15.0 Å². The van der Waals surface area contributed by atoms with E-state index >= 15 is 0 Å².